The minimum Gasteiger partial charge on any atom is -0.306 e. The van der Waals surface area contributed by atoms with Crippen molar-refractivity contribution in [2.75, 3.05) is 0 Å². The van der Waals surface area contributed by atoms with Crippen LogP contribution >= 0.6 is 0 Å². The molecule has 2 aliphatic heterocycles. The lowest BCUT2D eigenvalue weighted by atomic mass is 9.98. The van der Waals surface area contributed by atoms with Crippen LogP contribution < -0.4 is 5.56 Å². The standard InChI is InChI=1S/C19H23N3O/c1-12(2)22-14-8-9-15(22)11-17-16(10-14)19(23)21-18(20-17)13-6-4-3-5-7-13/h3-7,12,14-15H,8-11H2,1-2H3,(H,20,21,23). The van der Waals surface area contributed by atoms with E-state index in [1.165, 1.54) is 12.8 Å². The number of rotatable bonds is 2. The predicted octanol–water partition coefficient (Wildman–Crippen LogP) is 2.78. The summed E-state index contributed by atoms with van der Waals surface area (Å²) >= 11 is 0. The van der Waals surface area contributed by atoms with Gasteiger partial charge in [0, 0.05) is 35.7 Å². The lowest BCUT2D eigenvalue weighted by Crippen LogP contribution is -2.41. The van der Waals surface area contributed by atoms with Crippen molar-refractivity contribution in [3.8, 4) is 11.4 Å². The van der Waals surface area contributed by atoms with Gasteiger partial charge in [-0.15, -0.1) is 0 Å². The van der Waals surface area contributed by atoms with Crippen LogP contribution in [0.2, 0.25) is 0 Å². The topological polar surface area (TPSA) is 49.0 Å². The molecule has 0 radical (unpaired) electrons. The highest BCUT2D eigenvalue weighted by molar-refractivity contribution is 5.54. The largest absolute Gasteiger partial charge is 0.306 e. The zero-order chi connectivity index (χ0) is 16.0. The third-order valence-electron chi connectivity index (χ3n) is 5.29. The second kappa shape index (κ2) is 5.60. The zero-order valence-electron chi connectivity index (χ0n) is 13.7. The van der Waals surface area contributed by atoms with Crippen LogP contribution in [0.25, 0.3) is 11.4 Å². The Kier molecular flexibility index (Phi) is 3.57. The van der Waals surface area contributed by atoms with Crippen LogP contribution in [0.4, 0.5) is 0 Å². The molecule has 23 heavy (non-hydrogen) atoms. The lowest BCUT2D eigenvalue weighted by Gasteiger charge is -2.31. The Balaban J connectivity index is 1.78. The number of aromatic nitrogens is 2. The Morgan fingerprint density at radius 3 is 2.52 bits per heavy atom. The number of nitrogens with one attached hydrogen (secondary N) is 1. The summed E-state index contributed by atoms with van der Waals surface area (Å²) in [7, 11) is 0. The highest BCUT2D eigenvalue weighted by atomic mass is 16.1. The van der Waals surface area contributed by atoms with Crippen LogP contribution in [0, 0.1) is 0 Å². The van der Waals surface area contributed by atoms with Gasteiger partial charge in [0.1, 0.15) is 5.82 Å². The monoisotopic (exact) mass is 309 g/mol. The summed E-state index contributed by atoms with van der Waals surface area (Å²) in [5.74, 6) is 0.697. The molecule has 0 saturated carbocycles. The van der Waals surface area contributed by atoms with Crippen molar-refractivity contribution in [2.45, 2.75) is 57.7 Å². The van der Waals surface area contributed by atoms with Crippen molar-refractivity contribution in [2.24, 2.45) is 0 Å². The van der Waals surface area contributed by atoms with E-state index in [1.807, 2.05) is 30.3 Å². The number of fused-ring (bicyclic) bond motifs is 3. The van der Waals surface area contributed by atoms with Crippen LogP contribution in [0.1, 0.15) is 37.9 Å². The van der Waals surface area contributed by atoms with Gasteiger partial charge in [0.25, 0.3) is 5.56 Å². The fraction of sp³-hybridized carbons (Fsp3) is 0.474. The quantitative estimate of drug-likeness (QED) is 0.928. The lowest BCUT2D eigenvalue weighted by molar-refractivity contribution is 0.152. The number of H-pyrrole nitrogens is 1. The van der Waals surface area contributed by atoms with Crippen molar-refractivity contribution in [3.63, 3.8) is 0 Å². The van der Waals surface area contributed by atoms with Crippen LogP contribution in [-0.4, -0.2) is 33.0 Å². The first kappa shape index (κ1) is 14.6. The molecule has 2 atom stereocenters. The number of benzene rings is 1. The molecular formula is C19H23N3O. The summed E-state index contributed by atoms with van der Waals surface area (Å²) in [5.41, 5.74) is 2.93. The molecule has 1 aromatic heterocycles. The van der Waals surface area contributed by atoms with Crippen molar-refractivity contribution in [3.05, 3.63) is 51.9 Å². The van der Waals surface area contributed by atoms with E-state index in [9.17, 15) is 4.79 Å². The predicted molar refractivity (Wildman–Crippen MR) is 91.5 cm³/mol. The Morgan fingerprint density at radius 2 is 1.83 bits per heavy atom. The molecule has 4 heteroatoms. The Morgan fingerprint density at radius 1 is 1.13 bits per heavy atom. The molecule has 2 aliphatic rings. The molecule has 1 N–H and O–H groups in total. The summed E-state index contributed by atoms with van der Waals surface area (Å²) in [6.45, 7) is 4.52. The molecule has 2 bridgehead atoms. The summed E-state index contributed by atoms with van der Waals surface area (Å²) in [5, 5.41) is 0. The summed E-state index contributed by atoms with van der Waals surface area (Å²) in [4.78, 5) is 23.1. The highest BCUT2D eigenvalue weighted by Gasteiger charge is 2.39. The molecule has 0 amide bonds. The molecule has 4 nitrogen and oxygen atoms in total. The highest BCUT2D eigenvalue weighted by Crippen LogP contribution is 2.34. The maximum absolute atomic E-state index is 12.6. The summed E-state index contributed by atoms with van der Waals surface area (Å²) in [6, 6.07) is 11.5. The zero-order valence-corrected chi connectivity index (χ0v) is 13.7. The van der Waals surface area contributed by atoms with Crippen molar-refractivity contribution in [1.29, 1.82) is 0 Å². The Hall–Kier alpha value is -1.94. The van der Waals surface area contributed by atoms with E-state index in [1.54, 1.807) is 0 Å². The van der Waals surface area contributed by atoms with Gasteiger partial charge in [0.2, 0.25) is 0 Å². The fourth-order valence-electron chi connectivity index (χ4n) is 4.35. The van der Waals surface area contributed by atoms with Crippen LogP contribution in [-0.2, 0) is 12.8 Å². The van der Waals surface area contributed by atoms with Crippen molar-refractivity contribution in [1.82, 2.24) is 14.9 Å². The van der Waals surface area contributed by atoms with Gasteiger partial charge in [0.05, 0.1) is 5.69 Å². The van der Waals surface area contributed by atoms with E-state index < -0.39 is 0 Å². The molecule has 1 fully saturated rings. The first-order valence-corrected chi connectivity index (χ1v) is 8.58. The molecule has 0 spiro atoms. The molecule has 120 valence electrons. The molecule has 2 unspecified atom stereocenters. The van der Waals surface area contributed by atoms with Crippen LogP contribution in [0.3, 0.4) is 0 Å². The number of hydrogen-bond acceptors (Lipinski definition) is 3. The normalized spacial score (nSPS) is 23.8. The SMILES string of the molecule is CC(C)N1C2CCC1Cc1c(nc(-c3ccccc3)[nH]c1=O)C2. The Bertz CT molecular complexity index is 766. The fourth-order valence-corrected chi connectivity index (χ4v) is 4.35. The first-order chi connectivity index (χ1) is 11.1. The van der Waals surface area contributed by atoms with E-state index in [-0.39, 0.29) is 5.56 Å². The van der Waals surface area contributed by atoms with E-state index in [0.717, 1.165) is 29.7 Å². The third kappa shape index (κ3) is 2.51. The van der Waals surface area contributed by atoms with Gasteiger partial charge in [-0.2, -0.15) is 0 Å². The average Bonchev–Trinajstić information content (AvgIpc) is 2.84. The second-order valence-electron chi connectivity index (χ2n) is 7.04. The van der Waals surface area contributed by atoms with Gasteiger partial charge in [-0.25, -0.2) is 4.98 Å². The summed E-state index contributed by atoms with van der Waals surface area (Å²) in [6.07, 6.45) is 4.15. The summed E-state index contributed by atoms with van der Waals surface area (Å²) < 4.78 is 0. The van der Waals surface area contributed by atoms with E-state index in [2.05, 4.69) is 23.7 Å². The smallest absolute Gasteiger partial charge is 0.254 e. The molecule has 2 aromatic rings. The molecular weight excluding hydrogens is 286 g/mol. The van der Waals surface area contributed by atoms with Crippen LogP contribution in [0.15, 0.2) is 35.1 Å². The van der Waals surface area contributed by atoms with Gasteiger partial charge in [-0.05, 0) is 33.1 Å². The van der Waals surface area contributed by atoms with Crippen LogP contribution in [0.5, 0.6) is 0 Å². The van der Waals surface area contributed by atoms with Crippen molar-refractivity contribution < 1.29 is 0 Å². The number of nitrogens with zero attached hydrogens (tertiary/aromatic N) is 2. The molecule has 1 saturated heterocycles. The van der Waals surface area contributed by atoms with E-state index in [0.29, 0.717) is 23.9 Å². The molecule has 1 aromatic carbocycles. The maximum Gasteiger partial charge on any atom is 0.254 e. The van der Waals surface area contributed by atoms with E-state index in [4.69, 9.17) is 4.98 Å². The second-order valence-corrected chi connectivity index (χ2v) is 7.04. The third-order valence-corrected chi connectivity index (χ3v) is 5.29. The van der Waals surface area contributed by atoms with Gasteiger partial charge in [-0.1, -0.05) is 30.3 Å². The Labute approximate surface area is 136 Å². The number of hydrogen-bond donors (Lipinski definition) is 1. The molecule has 4 rings (SSSR count). The van der Waals surface area contributed by atoms with Gasteiger partial charge >= 0.3 is 0 Å². The molecule has 3 heterocycles. The molecule has 0 aliphatic carbocycles. The van der Waals surface area contributed by atoms with Gasteiger partial charge < -0.3 is 4.98 Å². The first-order valence-electron chi connectivity index (χ1n) is 8.58. The number of aromatic amines is 1. The van der Waals surface area contributed by atoms with E-state index >= 15 is 0 Å². The average molecular weight is 309 g/mol. The van der Waals surface area contributed by atoms with Gasteiger partial charge in [-0.3, -0.25) is 9.69 Å². The van der Waals surface area contributed by atoms with Crippen molar-refractivity contribution >= 4 is 0 Å². The maximum atomic E-state index is 12.6. The van der Waals surface area contributed by atoms with Gasteiger partial charge in [0.15, 0.2) is 0 Å². The minimum atomic E-state index is 0.0464. The minimum absolute atomic E-state index is 0.0464.